The Bertz CT molecular complexity index is 369. The molecule has 0 radical (unpaired) electrons. The number of carbonyl (C=O) groups is 1. The van der Waals surface area contributed by atoms with Gasteiger partial charge < -0.3 is 15.5 Å². The van der Waals surface area contributed by atoms with Gasteiger partial charge in [0.2, 0.25) is 5.91 Å². The van der Waals surface area contributed by atoms with E-state index in [4.69, 9.17) is 10.2 Å². The van der Waals surface area contributed by atoms with Gasteiger partial charge in [-0.3, -0.25) is 4.79 Å². The lowest BCUT2D eigenvalue weighted by Crippen LogP contribution is -2.38. The van der Waals surface area contributed by atoms with Crippen molar-refractivity contribution in [2.75, 3.05) is 13.1 Å². The number of amides is 1. The van der Waals surface area contributed by atoms with Crippen LogP contribution in [0.25, 0.3) is 0 Å². The Morgan fingerprint density at radius 2 is 2.18 bits per heavy atom. The molecule has 0 atom stereocenters. The third-order valence-corrected chi connectivity index (χ3v) is 2.71. The molecule has 0 aromatic carbocycles. The predicted octanol–water partition coefficient (Wildman–Crippen LogP) is 1.62. The molecule has 1 heterocycles. The Kier molecular flexibility index (Phi) is 4.75. The Morgan fingerprint density at radius 1 is 1.47 bits per heavy atom. The largest absolute Gasteiger partial charge is 0.466 e. The predicted molar refractivity (Wildman–Crippen MR) is 67.6 cm³/mol. The van der Waals surface area contributed by atoms with Crippen molar-refractivity contribution in [2.24, 2.45) is 11.1 Å². The molecule has 0 saturated carbocycles. The molecule has 17 heavy (non-hydrogen) atoms. The molecule has 1 amide bonds. The summed E-state index contributed by atoms with van der Waals surface area (Å²) >= 11 is 0. The summed E-state index contributed by atoms with van der Waals surface area (Å²) < 4.78 is 5.40. The third kappa shape index (κ3) is 5.04. The Balaban J connectivity index is 2.26. The number of aryl methyl sites for hydroxylation is 2. The van der Waals surface area contributed by atoms with Gasteiger partial charge in [0, 0.05) is 19.4 Å². The second kappa shape index (κ2) is 5.87. The fraction of sp³-hybridized carbons (Fsp3) is 0.615. The molecule has 4 heteroatoms. The minimum Gasteiger partial charge on any atom is -0.466 e. The van der Waals surface area contributed by atoms with E-state index in [0.29, 0.717) is 25.9 Å². The normalized spacial score (nSPS) is 11.5. The Labute approximate surface area is 103 Å². The van der Waals surface area contributed by atoms with Crippen LogP contribution in [0.1, 0.15) is 31.8 Å². The zero-order valence-electron chi connectivity index (χ0n) is 10.9. The topological polar surface area (TPSA) is 68.3 Å². The lowest BCUT2D eigenvalue weighted by Gasteiger charge is -2.22. The van der Waals surface area contributed by atoms with Gasteiger partial charge in [-0.05, 0) is 31.0 Å². The zero-order chi connectivity index (χ0) is 12.9. The van der Waals surface area contributed by atoms with Crippen molar-refractivity contribution in [1.29, 1.82) is 0 Å². The number of hydrogen-bond donors (Lipinski definition) is 2. The van der Waals surface area contributed by atoms with Gasteiger partial charge >= 0.3 is 0 Å². The average Bonchev–Trinajstić information content (AvgIpc) is 2.70. The number of rotatable bonds is 6. The molecule has 1 aromatic heterocycles. The molecule has 96 valence electrons. The second-order valence-corrected chi connectivity index (χ2v) is 5.16. The fourth-order valence-electron chi connectivity index (χ4n) is 1.35. The van der Waals surface area contributed by atoms with Gasteiger partial charge in [0.05, 0.1) is 0 Å². The van der Waals surface area contributed by atoms with E-state index in [-0.39, 0.29) is 11.3 Å². The molecule has 0 unspecified atom stereocenters. The van der Waals surface area contributed by atoms with E-state index in [9.17, 15) is 4.79 Å². The number of carbonyl (C=O) groups excluding carboxylic acids is 1. The highest BCUT2D eigenvalue weighted by atomic mass is 16.3. The zero-order valence-corrected chi connectivity index (χ0v) is 10.9. The van der Waals surface area contributed by atoms with E-state index in [1.165, 1.54) is 0 Å². The van der Waals surface area contributed by atoms with Crippen LogP contribution >= 0.6 is 0 Å². The molecule has 0 saturated heterocycles. The highest BCUT2D eigenvalue weighted by molar-refractivity contribution is 5.76. The summed E-state index contributed by atoms with van der Waals surface area (Å²) in [6.07, 6.45) is 1.09. The molecule has 1 rings (SSSR count). The molecule has 0 fully saturated rings. The molecule has 0 aliphatic rings. The summed E-state index contributed by atoms with van der Waals surface area (Å²) in [5, 5.41) is 2.89. The minimum atomic E-state index is -0.0447. The molecular formula is C13H22N2O2. The maximum absolute atomic E-state index is 11.6. The van der Waals surface area contributed by atoms with Crippen molar-refractivity contribution in [3.63, 3.8) is 0 Å². The van der Waals surface area contributed by atoms with Crippen LogP contribution in [0.5, 0.6) is 0 Å². The van der Waals surface area contributed by atoms with Gasteiger partial charge in [0.25, 0.3) is 0 Å². The van der Waals surface area contributed by atoms with Crippen molar-refractivity contribution in [2.45, 2.75) is 33.6 Å². The van der Waals surface area contributed by atoms with E-state index in [1.54, 1.807) is 0 Å². The van der Waals surface area contributed by atoms with E-state index in [2.05, 4.69) is 5.32 Å². The lowest BCUT2D eigenvalue weighted by atomic mass is 9.94. The Hall–Kier alpha value is -1.29. The van der Waals surface area contributed by atoms with E-state index in [1.807, 2.05) is 32.9 Å². The minimum absolute atomic E-state index is 0.0422. The molecule has 0 bridgehead atoms. The third-order valence-electron chi connectivity index (χ3n) is 2.71. The van der Waals surface area contributed by atoms with Crippen LogP contribution in [0.2, 0.25) is 0 Å². The van der Waals surface area contributed by atoms with Gasteiger partial charge in [0.15, 0.2) is 0 Å². The molecular weight excluding hydrogens is 216 g/mol. The number of hydrogen-bond acceptors (Lipinski definition) is 3. The smallest absolute Gasteiger partial charge is 0.220 e. The van der Waals surface area contributed by atoms with Crippen LogP contribution in [-0.2, 0) is 11.2 Å². The summed E-state index contributed by atoms with van der Waals surface area (Å²) in [7, 11) is 0. The van der Waals surface area contributed by atoms with Gasteiger partial charge in [0.1, 0.15) is 11.5 Å². The SMILES string of the molecule is Cc1ccc(CCC(=O)NCC(C)(C)CN)o1. The summed E-state index contributed by atoms with van der Waals surface area (Å²) in [4.78, 5) is 11.6. The van der Waals surface area contributed by atoms with Crippen molar-refractivity contribution in [1.82, 2.24) is 5.32 Å². The van der Waals surface area contributed by atoms with Crippen LogP contribution in [0.4, 0.5) is 0 Å². The maximum atomic E-state index is 11.6. The van der Waals surface area contributed by atoms with Crippen molar-refractivity contribution < 1.29 is 9.21 Å². The van der Waals surface area contributed by atoms with Crippen LogP contribution in [0, 0.1) is 12.3 Å². The summed E-state index contributed by atoms with van der Waals surface area (Å²) in [5.41, 5.74) is 5.55. The fourth-order valence-corrected chi connectivity index (χ4v) is 1.35. The van der Waals surface area contributed by atoms with Crippen LogP contribution in [0.15, 0.2) is 16.5 Å². The first-order valence-electron chi connectivity index (χ1n) is 5.95. The van der Waals surface area contributed by atoms with Gasteiger partial charge in [-0.15, -0.1) is 0 Å². The van der Waals surface area contributed by atoms with E-state index >= 15 is 0 Å². The van der Waals surface area contributed by atoms with Crippen LogP contribution in [0.3, 0.4) is 0 Å². The summed E-state index contributed by atoms with van der Waals surface area (Å²) in [5.74, 6) is 1.78. The standard InChI is InChI=1S/C13H22N2O2/c1-10-4-5-11(17-10)6-7-12(16)15-9-13(2,3)8-14/h4-5H,6-9,14H2,1-3H3,(H,15,16). The molecule has 4 nitrogen and oxygen atoms in total. The first-order chi connectivity index (χ1) is 7.93. The molecule has 1 aromatic rings. The summed E-state index contributed by atoms with van der Waals surface area (Å²) in [6.45, 7) is 7.13. The molecule has 0 spiro atoms. The highest BCUT2D eigenvalue weighted by Crippen LogP contribution is 2.11. The van der Waals surface area contributed by atoms with Gasteiger partial charge in [-0.25, -0.2) is 0 Å². The van der Waals surface area contributed by atoms with Crippen molar-refractivity contribution in [3.8, 4) is 0 Å². The quantitative estimate of drug-likeness (QED) is 0.791. The molecule has 3 N–H and O–H groups in total. The number of nitrogens with one attached hydrogen (secondary N) is 1. The van der Waals surface area contributed by atoms with Crippen molar-refractivity contribution in [3.05, 3.63) is 23.7 Å². The highest BCUT2D eigenvalue weighted by Gasteiger charge is 2.16. The lowest BCUT2D eigenvalue weighted by molar-refractivity contribution is -0.121. The first-order valence-corrected chi connectivity index (χ1v) is 5.95. The van der Waals surface area contributed by atoms with Gasteiger partial charge in [-0.2, -0.15) is 0 Å². The van der Waals surface area contributed by atoms with E-state index < -0.39 is 0 Å². The number of furan rings is 1. The Morgan fingerprint density at radius 3 is 2.71 bits per heavy atom. The van der Waals surface area contributed by atoms with Crippen LogP contribution < -0.4 is 11.1 Å². The van der Waals surface area contributed by atoms with Gasteiger partial charge in [-0.1, -0.05) is 13.8 Å². The van der Waals surface area contributed by atoms with E-state index in [0.717, 1.165) is 11.5 Å². The molecule has 0 aliphatic carbocycles. The number of nitrogens with two attached hydrogens (primary N) is 1. The molecule has 0 aliphatic heterocycles. The average molecular weight is 238 g/mol. The monoisotopic (exact) mass is 238 g/mol. The second-order valence-electron chi connectivity index (χ2n) is 5.16. The van der Waals surface area contributed by atoms with Crippen molar-refractivity contribution >= 4 is 5.91 Å². The van der Waals surface area contributed by atoms with Crippen LogP contribution in [-0.4, -0.2) is 19.0 Å². The maximum Gasteiger partial charge on any atom is 0.220 e. The summed E-state index contributed by atoms with van der Waals surface area (Å²) in [6, 6.07) is 3.82. The first kappa shape index (κ1) is 13.8.